The molecule has 1 rings (SSSR count). The molecular formula is C59H109N4O17P. The van der Waals surface area contributed by atoms with E-state index in [0.717, 1.165) is 44.9 Å². The van der Waals surface area contributed by atoms with Crippen LogP contribution in [0.1, 0.15) is 245 Å². The van der Waals surface area contributed by atoms with E-state index in [1.54, 1.807) is 0 Å². The monoisotopic (exact) mass is 1180 g/mol. The minimum atomic E-state index is -4.76. The third-order valence-corrected chi connectivity index (χ3v) is 15.9. The van der Waals surface area contributed by atoms with E-state index in [9.17, 15) is 63.4 Å². The van der Waals surface area contributed by atoms with Crippen LogP contribution in [0.2, 0.25) is 0 Å². The largest absolute Gasteiger partial charge is 0.480 e. The van der Waals surface area contributed by atoms with Crippen LogP contribution in [0.25, 0.3) is 0 Å². The van der Waals surface area contributed by atoms with Crippen LogP contribution in [0, 0.1) is 0 Å². The molecule has 2 atom stereocenters. The fraction of sp³-hybridized carbons (Fsp3) is 0.881. The molecule has 0 radical (unpaired) electrons. The first-order chi connectivity index (χ1) is 38.9. The standard InChI is InChI=1S/C59H109N4O17P/c1-3-5-7-9-11-13-15-17-19-21-23-25-27-29-31-36-57(73)77-47-51(80-58(74)37-32-30-28-26-24-22-20-18-16-14-12-10-8-6-4-2)48-79-81(75,76)78-42-39-60-52(64)35-33-34-38-59(63(45-55(69)70)46-56(71)72)49-61(43-53(65)66)40-41-62(50-59)44-54(67)68/h51H,3-50H2,1-2H3,(H,60,64)(H,65,66)(H,67,68)(H,69,70)(H,71,72)(H,75,76)/t51-/m1/s1. The molecule has 472 valence electrons. The van der Waals surface area contributed by atoms with Crippen molar-refractivity contribution < 1.29 is 82.0 Å². The van der Waals surface area contributed by atoms with Crippen LogP contribution in [-0.4, -0.2) is 172 Å². The van der Waals surface area contributed by atoms with Gasteiger partial charge in [0.05, 0.1) is 39.4 Å². The maximum atomic E-state index is 13.0. The Kier molecular flexibility index (Phi) is 45.2. The van der Waals surface area contributed by atoms with Crippen LogP contribution in [0.4, 0.5) is 0 Å². The van der Waals surface area contributed by atoms with Crippen molar-refractivity contribution in [3.8, 4) is 0 Å². The summed E-state index contributed by atoms with van der Waals surface area (Å²) >= 11 is 0. The van der Waals surface area contributed by atoms with E-state index in [2.05, 4.69) is 19.2 Å². The quantitative estimate of drug-likeness (QED) is 0.0187. The molecular weight excluding hydrogens is 1070 g/mol. The second-order valence-corrected chi connectivity index (χ2v) is 23.9. The Balaban J connectivity index is 2.69. The van der Waals surface area contributed by atoms with Crippen molar-refractivity contribution in [1.29, 1.82) is 0 Å². The summed E-state index contributed by atoms with van der Waals surface area (Å²) in [5, 5.41) is 41.2. The highest BCUT2D eigenvalue weighted by Crippen LogP contribution is 2.43. The number of carbonyl (C=O) groups is 7. The van der Waals surface area contributed by atoms with E-state index in [1.165, 1.54) is 150 Å². The molecule has 81 heavy (non-hydrogen) atoms. The maximum Gasteiger partial charge on any atom is 0.472 e. The highest BCUT2D eigenvalue weighted by molar-refractivity contribution is 7.47. The van der Waals surface area contributed by atoms with E-state index in [4.69, 9.17) is 18.5 Å². The number of aliphatic carboxylic acids is 4. The van der Waals surface area contributed by atoms with Gasteiger partial charge in [0.15, 0.2) is 6.10 Å². The molecule has 0 aromatic heterocycles. The fourth-order valence-corrected chi connectivity index (χ4v) is 11.3. The van der Waals surface area contributed by atoms with Crippen molar-refractivity contribution >= 4 is 49.5 Å². The Morgan fingerprint density at radius 2 is 0.889 bits per heavy atom. The Morgan fingerprint density at radius 3 is 1.28 bits per heavy atom. The van der Waals surface area contributed by atoms with Crippen molar-refractivity contribution in [3.05, 3.63) is 0 Å². The van der Waals surface area contributed by atoms with Crippen molar-refractivity contribution in [2.24, 2.45) is 0 Å². The van der Waals surface area contributed by atoms with Gasteiger partial charge in [0, 0.05) is 57.5 Å². The van der Waals surface area contributed by atoms with Crippen molar-refractivity contribution in [3.63, 3.8) is 0 Å². The minimum absolute atomic E-state index is 0.0660. The Labute approximate surface area is 485 Å². The number of rotatable bonds is 56. The summed E-state index contributed by atoms with van der Waals surface area (Å²) in [6.07, 6.45) is 35.3. The maximum absolute atomic E-state index is 13.0. The predicted molar refractivity (Wildman–Crippen MR) is 311 cm³/mol. The number of amides is 1. The van der Waals surface area contributed by atoms with E-state index in [-0.39, 0.29) is 77.9 Å². The van der Waals surface area contributed by atoms with Gasteiger partial charge in [-0.25, -0.2) is 4.57 Å². The third kappa shape index (κ3) is 43.6. The van der Waals surface area contributed by atoms with Crippen molar-refractivity contribution in [2.45, 2.75) is 257 Å². The number of carboxylic acid groups (broad SMARTS) is 4. The average molecular weight is 1180 g/mol. The van der Waals surface area contributed by atoms with Gasteiger partial charge >= 0.3 is 43.6 Å². The zero-order valence-corrected chi connectivity index (χ0v) is 50.8. The molecule has 0 aromatic rings. The van der Waals surface area contributed by atoms with Crippen LogP contribution in [-0.2, 0) is 56.6 Å². The first-order valence-electron chi connectivity index (χ1n) is 31.2. The lowest BCUT2D eigenvalue weighted by molar-refractivity contribution is -0.161. The number of ether oxygens (including phenoxy) is 2. The third-order valence-electron chi connectivity index (χ3n) is 14.9. The lowest BCUT2D eigenvalue weighted by Gasteiger charge is -2.45. The number of carbonyl (C=O) groups excluding carboxylic acids is 3. The topological polar surface area (TPSA) is 296 Å². The minimum Gasteiger partial charge on any atom is -0.480 e. The molecule has 21 nitrogen and oxygen atoms in total. The average Bonchev–Trinajstić information content (AvgIpc) is 3.57. The second kappa shape index (κ2) is 48.6. The van der Waals surface area contributed by atoms with Gasteiger partial charge in [-0.3, -0.25) is 57.3 Å². The molecule has 22 heteroatoms. The smallest absolute Gasteiger partial charge is 0.472 e. The van der Waals surface area contributed by atoms with E-state index < -0.39 is 101 Å². The van der Waals surface area contributed by atoms with E-state index in [0.29, 0.717) is 12.8 Å². The summed E-state index contributed by atoms with van der Waals surface area (Å²) in [7, 11) is -4.76. The molecule has 1 aliphatic heterocycles. The highest BCUT2D eigenvalue weighted by Gasteiger charge is 2.43. The summed E-state index contributed by atoms with van der Waals surface area (Å²) in [4.78, 5) is 101. The van der Waals surface area contributed by atoms with Crippen molar-refractivity contribution in [1.82, 2.24) is 20.0 Å². The van der Waals surface area contributed by atoms with E-state index >= 15 is 0 Å². The van der Waals surface area contributed by atoms with Crippen LogP contribution in [0.3, 0.4) is 0 Å². The number of carboxylic acids is 4. The lowest BCUT2D eigenvalue weighted by atomic mass is 9.88. The molecule has 6 N–H and O–H groups in total. The van der Waals surface area contributed by atoms with Gasteiger partial charge in [-0.05, 0) is 25.7 Å². The molecule has 1 aliphatic rings. The summed E-state index contributed by atoms with van der Waals surface area (Å²) in [6, 6.07) is 0. The number of nitrogens with one attached hydrogen (secondary N) is 1. The Hall–Kier alpha value is -3.72. The number of esters is 2. The van der Waals surface area contributed by atoms with Crippen molar-refractivity contribution in [2.75, 3.05) is 78.7 Å². The first kappa shape index (κ1) is 75.3. The number of hydrogen-bond acceptors (Lipinski definition) is 15. The van der Waals surface area contributed by atoms with Gasteiger partial charge in [0.2, 0.25) is 5.91 Å². The zero-order valence-electron chi connectivity index (χ0n) is 49.9. The number of phosphoric ester groups is 1. The number of nitrogens with zero attached hydrogens (tertiary/aromatic N) is 3. The number of unbranched alkanes of at least 4 members (excludes halogenated alkanes) is 29. The molecule has 0 aliphatic carbocycles. The van der Waals surface area contributed by atoms with Gasteiger partial charge in [-0.2, -0.15) is 0 Å². The van der Waals surface area contributed by atoms with Gasteiger partial charge in [0.25, 0.3) is 0 Å². The molecule has 0 bridgehead atoms. The number of hydrogen-bond donors (Lipinski definition) is 6. The van der Waals surface area contributed by atoms with Gasteiger partial charge in [-0.1, -0.05) is 200 Å². The van der Waals surface area contributed by atoms with Gasteiger partial charge in [0.1, 0.15) is 6.61 Å². The van der Waals surface area contributed by atoms with Crippen LogP contribution < -0.4 is 5.32 Å². The molecule has 0 saturated carbocycles. The normalized spacial score (nSPS) is 15.0. The second-order valence-electron chi connectivity index (χ2n) is 22.4. The molecule has 0 aromatic carbocycles. The van der Waals surface area contributed by atoms with E-state index in [1.807, 2.05) is 0 Å². The molecule has 1 fully saturated rings. The fourth-order valence-electron chi connectivity index (χ4n) is 10.5. The Bertz CT molecular complexity index is 1720. The molecule has 1 saturated heterocycles. The Morgan fingerprint density at radius 1 is 0.506 bits per heavy atom. The zero-order chi connectivity index (χ0) is 59.8. The molecule has 1 unspecified atom stereocenters. The molecule has 0 spiro atoms. The number of phosphoric acid groups is 1. The summed E-state index contributed by atoms with van der Waals surface area (Å²) in [5.41, 5.74) is -1.32. The van der Waals surface area contributed by atoms with Gasteiger partial charge in [-0.15, -0.1) is 0 Å². The summed E-state index contributed by atoms with van der Waals surface area (Å²) in [5.74, 6) is -6.50. The summed E-state index contributed by atoms with van der Waals surface area (Å²) in [6.45, 7) is 0.637. The van der Waals surface area contributed by atoms with Crippen LogP contribution in [0.15, 0.2) is 0 Å². The predicted octanol–water partition coefficient (Wildman–Crippen LogP) is 10.8. The van der Waals surface area contributed by atoms with Crippen LogP contribution >= 0.6 is 7.82 Å². The van der Waals surface area contributed by atoms with Gasteiger partial charge < -0.3 is 40.1 Å². The summed E-state index contributed by atoms with van der Waals surface area (Å²) < 4.78 is 34.3. The SMILES string of the molecule is CCCCCCCCCCCCCCCCCC(=O)OC[C@H](COP(=O)(O)OCCNC(=O)CCCCC1(N(CC(=O)O)CC(=O)O)CN(CC(=O)O)CCN(CC(=O)O)C1)OC(=O)CCCCCCCCCCCCCCCCC. The highest BCUT2D eigenvalue weighted by atomic mass is 31.2. The molecule has 1 heterocycles. The molecule has 1 amide bonds. The lowest BCUT2D eigenvalue weighted by Crippen LogP contribution is -2.62. The first-order valence-corrected chi connectivity index (χ1v) is 32.7. The van der Waals surface area contributed by atoms with Crippen LogP contribution in [0.5, 0.6) is 0 Å².